The Hall–Kier alpha value is 0.230. The van der Waals surface area contributed by atoms with E-state index in [1.807, 2.05) is 0 Å². The van der Waals surface area contributed by atoms with Crippen LogP contribution in [0, 0.1) is 0 Å². The van der Waals surface area contributed by atoms with Gasteiger partial charge in [-0.15, -0.1) is 0 Å². The first-order valence-electron chi connectivity index (χ1n) is 11.0. The van der Waals surface area contributed by atoms with Crippen molar-refractivity contribution < 1.29 is 28.5 Å². The van der Waals surface area contributed by atoms with Crippen molar-refractivity contribution in [2.75, 3.05) is 11.5 Å². The summed E-state index contributed by atoms with van der Waals surface area (Å²) in [6.07, 6.45) is 24.6. The van der Waals surface area contributed by atoms with Gasteiger partial charge in [-0.25, -0.2) is 4.57 Å². The van der Waals surface area contributed by atoms with E-state index in [4.69, 9.17) is 0 Å². The third kappa shape index (κ3) is 17.6. The van der Waals surface area contributed by atoms with Gasteiger partial charge in [-0.3, -0.25) is 0 Å². The third-order valence-electron chi connectivity index (χ3n) is 4.91. The van der Waals surface area contributed by atoms with Gasteiger partial charge in [0.05, 0.1) is 5.75 Å². The Morgan fingerprint density at radius 3 is 1.54 bits per heavy atom. The van der Waals surface area contributed by atoms with Gasteiger partial charge in [-0.1, -0.05) is 96.5 Å². The highest BCUT2D eigenvalue weighted by atomic mass is 127. The standard InChI is InChI=1S/C23H42NS.HI/c1-2-3-4-5-6-7-8-9-10-11-12-13-14-18-22-25-23-21-24-19-16-15-17-20-24;/h15-17,19-20H,2-14,18,21-23H2,1H3;1H/q+1;/p-1. The highest BCUT2D eigenvalue weighted by Gasteiger charge is 1.98. The fourth-order valence-corrected chi connectivity index (χ4v) is 4.21. The monoisotopic (exact) mass is 491 g/mol. The summed E-state index contributed by atoms with van der Waals surface area (Å²) in [5.41, 5.74) is 0. The number of halogens is 1. The Morgan fingerprint density at radius 1 is 0.577 bits per heavy atom. The molecule has 0 aliphatic carbocycles. The fraction of sp³-hybridized carbons (Fsp3) is 0.783. The molecular formula is C23H42INS. The molecule has 0 spiro atoms. The van der Waals surface area contributed by atoms with E-state index in [0.29, 0.717) is 0 Å². The molecule has 0 aliphatic rings. The third-order valence-corrected chi connectivity index (χ3v) is 5.96. The molecule has 152 valence electrons. The largest absolute Gasteiger partial charge is 1.00 e. The molecule has 3 heteroatoms. The van der Waals surface area contributed by atoms with Crippen LogP contribution in [0.2, 0.25) is 0 Å². The lowest BCUT2D eigenvalue weighted by Crippen LogP contribution is -3.00. The van der Waals surface area contributed by atoms with Crippen LogP contribution in [-0.2, 0) is 6.54 Å². The Labute approximate surface area is 185 Å². The first-order valence-corrected chi connectivity index (χ1v) is 12.1. The molecule has 1 aromatic heterocycles. The maximum atomic E-state index is 2.30. The van der Waals surface area contributed by atoms with E-state index in [2.05, 4.69) is 53.8 Å². The van der Waals surface area contributed by atoms with Crippen LogP contribution in [0.25, 0.3) is 0 Å². The van der Waals surface area contributed by atoms with E-state index >= 15 is 0 Å². The minimum Gasteiger partial charge on any atom is -1.00 e. The SMILES string of the molecule is CCCCCCCCCCCCCCCCSCC[n+]1ccccc1.[I-]. The van der Waals surface area contributed by atoms with Crippen LogP contribution in [0.3, 0.4) is 0 Å². The van der Waals surface area contributed by atoms with Gasteiger partial charge in [0.25, 0.3) is 0 Å². The van der Waals surface area contributed by atoms with Gasteiger partial charge in [0.15, 0.2) is 18.9 Å². The van der Waals surface area contributed by atoms with Gasteiger partial charge >= 0.3 is 0 Å². The van der Waals surface area contributed by atoms with Crippen molar-refractivity contribution in [1.29, 1.82) is 0 Å². The molecule has 1 heterocycles. The van der Waals surface area contributed by atoms with Crippen molar-refractivity contribution in [1.82, 2.24) is 0 Å². The molecule has 0 unspecified atom stereocenters. The Kier molecular flexibility index (Phi) is 21.7. The molecule has 0 saturated heterocycles. The predicted molar refractivity (Wildman–Crippen MR) is 114 cm³/mol. The highest BCUT2D eigenvalue weighted by molar-refractivity contribution is 7.99. The number of rotatable bonds is 18. The van der Waals surface area contributed by atoms with Crippen LogP contribution >= 0.6 is 11.8 Å². The Balaban J connectivity index is 0.00000625. The zero-order chi connectivity index (χ0) is 17.8. The molecule has 0 atom stereocenters. The zero-order valence-corrected chi connectivity index (χ0v) is 20.1. The summed E-state index contributed by atoms with van der Waals surface area (Å²) < 4.78 is 2.28. The number of hydrogen-bond acceptors (Lipinski definition) is 1. The average Bonchev–Trinajstić information content (AvgIpc) is 2.65. The smallest absolute Gasteiger partial charge is 0.168 e. The summed E-state index contributed by atoms with van der Waals surface area (Å²) in [5.74, 6) is 2.58. The van der Waals surface area contributed by atoms with Crippen LogP contribution < -0.4 is 28.5 Å². The van der Waals surface area contributed by atoms with Crippen molar-refractivity contribution in [2.45, 2.75) is 103 Å². The molecule has 0 aromatic carbocycles. The van der Waals surface area contributed by atoms with Crippen LogP contribution in [-0.4, -0.2) is 11.5 Å². The number of hydrogen-bond donors (Lipinski definition) is 0. The van der Waals surface area contributed by atoms with Crippen molar-refractivity contribution >= 4 is 11.8 Å². The van der Waals surface area contributed by atoms with Gasteiger partial charge < -0.3 is 24.0 Å². The molecule has 1 aromatic rings. The van der Waals surface area contributed by atoms with Gasteiger partial charge in [-0.05, 0) is 12.2 Å². The second kappa shape index (κ2) is 21.5. The number of pyridine rings is 1. The van der Waals surface area contributed by atoms with Crippen molar-refractivity contribution in [3.63, 3.8) is 0 Å². The number of thioether (sulfide) groups is 1. The lowest BCUT2D eigenvalue weighted by atomic mass is 10.0. The lowest BCUT2D eigenvalue weighted by Gasteiger charge is -2.03. The van der Waals surface area contributed by atoms with Gasteiger partial charge in [-0.2, -0.15) is 11.8 Å². The van der Waals surface area contributed by atoms with Crippen molar-refractivity contribution in [2.24, 2.45) is 0 Å². The molecule has 0 bridgehead atoms. The Bertz CT molecular complexity index is 372. The van der Waals surface area contributed by atoms with Crippen LogP contribution in [0.1, 0.15) is 96.8 Å². The molecule has 1 rings (SSSR count). The minimum absolute atomic E-state index is 0. The lowest BCUT2D eigenvalue weighted by molar-refractivity contribution is -0.692. The van der Waals surface area contributed by atoms with E-state index in [-0.39, 0.29) is 24.0 Å². The molecule has 0 fully saturated rings. The van der Waals surface area contributed by atoms with E-state index in [1.54, 1.807) is 0 Å². The second-order valence-electron chi connectivity index (χ2n) is 7.32. The average molecular weight is 492 g/mol. The van der Waals surface area contributed by atoms with Gasteiger partial charge in [0.2, 0.25) is 0 Å². The molecule has 0 radical (unpaired) electrons. The summed E-state index contributed by atoms with van der Waals surface area (Å²) in [7, 11) is 0. The van der Waals surface area contributed by atoms with E-state index in [9.17, 15) is 0 Å². The van der Waals surface area contributed by atoms with E-state index in [1.165, 1.54) is 101 Å². The Morgan fingerprint density at radius 2 is 1.04 bits per heavy atom. The zero-order valence-electron chi connectivity index (χ0n) is 17.1. The molecule has 26 heavy (non-hydrogen) atoms. The molecule has 1 nitrogen and oxygen atoms in total. The second-order valence-corrected chi connectivity index (χ2v) is 8.55. The number of nitrogens with zero attached hydrogens (tertiary/aromatic N) is 1. The molecule has 0 saturated carbocycles. The maximum absolute atomic E-state index is 2.30. The summed E-state index contributed by atoms with van der Waals surface area (Å²) in [6, 6.07) is 6.30. The maximum Gasteiger partial charge on any atom is 0.168 e. The predicted octanol–water partition coefficient (Wildman–Crippen LogP) is 4.19. The van der Waals surface area contributed by atoms with Crippen LogP contribution in [0.4, 0.5) is 0 Å². The molecule has 0 N–H and O–H groups in total. The van der Waals surface area contributed by atoms with Gasteiger partial charge in [0.1, 0.15) is 0 Å². The number of aryl methyl sites for hydroxylation is 1. The van der Waals surface area contributed by atoms with E-state index in [0.717, 1.165) is 6.54 Å². The summed E-state index contributed by atoms with van der Waals surface area (Å²) >= 11 is 2.11. The fourth-order valence-electron chi connectivity index (χ4n) is 3.25. The molecule has 0 aliphatic heterocycles. The van der Waals surface area contributed by atoms with E-state index < -0.39 is 0 Å². The summed E-state index contributed by atoms with van der Waals surface area (Å²) in [4.78, 5) is 0. The van der Waals surface area contributed by atoms with Crippen LogP contribution in [0.15, 0.2) is 30.6 Å². The first-order chi connectivity index (χ1) is 12.4. The normalized spacial score (nSPS) is 10.7. The summed E-state index contributed by atoms with van der Waals surface area (Å²) in [5, 5.41) is 0. The minimum atomic E-state index is 0. The highest BCUT2D eigenvalue weighted by Crippen LogP contribution is 2.13. The first kappa shape index (κ1) is 26.2. The molecule has 0 amide bonds. The summed E-state index contributed by atoms with van der Waals surface area (Å²) in [6.45, 7) is 3.44. The molecular weight excluding hydrogens is 449 g/mol. The number of unbranched alkanes of at least 4 members (excludes halogenated alkanes) is 13. The topological polar surface area (TPSA) is 3.88 Å². The number of aromatic nitrogens is 1. The van der Waals surface area contributed by atoms with Crippen molar-refractivity contribution in [3.8, 4) is 0 Å². The van der Waals surface area contributed by atoms with Crippen LogP contribution in [0.5, 0.6) is 0 Å². The quantitative estimate of drug-likeness (QED) is 0.169. The van der Waals surface area contributed by atoms with Crippen molar-refractivity contribution in [3.05, 3.63) is 30.6 Å². The van der Waals surface area contributed by atoms with Gasteiger partial charge in [0, 0.05) is 12.1 Å².